The van der Waals surface area contributed by atoms with E-state index in [2.05, 4.69) is 10.1 Å². The van der Waals surface area contributed by atoms with Crippen molar-refractivity contribution >= 4 is 11.8 Å². The molecule has 0 radical (unpaired) electrons. The number of hydrogen-bond donors (Lipinski definition) is 2. The largest absolute Gasteiger partial charge is 0.395 e. The molecule has 1 aromatic rings. The molecule has 0 aliphatic rings. The van der Waals surface area contributed by atoms with Gasteiger partial charge in [-0.1, -0.05) is 11.8 Å². The molecule has 0 aliphatic heterocycles. The van der Waals surface area contributed by atoms with Gasteiger partial charge in [-0.05, 0) is 6.42 Å². The molecule has 0 amide bonds. The van der Waals surface area contributed by atoms with Crippen molar-refractivity contribution in [3.63, 3.8) is 0 Å². The van der Waals surface area contributed by atoms with Crippen molar-refractivity contribution in [1.82, 2.24) is 14.8 Å². The first-order valence-electron chi connectivity index (χ1n) is 4.07. The number of aromatic nitrogens is 3. The van der Waals surface area contributed by atoms with Crippen LogP contribution in [0.15, 0.2) is 11.5 Å². The summed E-state index contributed by atoms with van der Waals surface area (Å²) in [6, 6.07) is -0.124. The van der Waals surface area contributed by atoms with E-state index < -0.39 is 0 Å². The molecule has 1 atom stereocenters. The highest BCUT2D eigenvalue weighted by Crippen LogP contribution is 2.14. The summed E-state index contributed by atoms with van der Waals surface area (Å²) in [6.45, 7) is 0.0410. The van der Waals surface area contributed by atoms with E-state index in [1.54, 1.807) is 16.4 Å². The van der Waals surface area contributed by atoms with Crippen LogP contribution in [-0.4, -0.2) is 38.3 Å². The first-order valence-corrected chi connectivity index (χ1v) is 5.06. The molecule has 0 aliphatic carbocycles. The summed E-state index contributed by atoms with van der Waals surface area (Å²) in [7, 11) is 1.85. The minimum Gasteiger partial charge on any atom is -0.395 e. The summed E-state index contributed by atoms with van der Waals surface area (Å²) in [4.78, 5) is 4.05. The van der Waals surface area contributed by atoms with Gasteiger partial charge in [0.15, 0.2) is 5.16 Å². The van der Waals surface area contributed by atoms with Crippen LogP contribution >= 0.6 is 11.8 Å². The topological polar surface area (TPSA) is 77.0 Å². The third-order valence-electron chi connectivity index (χ3n) is 1.62. The number of thioether (sulfide) groups is 1. The van der Waals surface area contributed by atoms with Crippen LogP contribution in [-0.2, 0) is 7.05 Å². The average molecular weight is 202 g/mol. The van der Waals surface area contributed by atoms with E-state index >= 15 is 0 Å². The highest BCUT2D eigenvalue weighted by molar-refractivity contribution is 7.99. The zero-order valence-corrected chi connectivity index (χ0v) is 8.37. The van der Waals surface area contributed by atoms with Gasteiger partial charge in [-0.3, -0.25) is 0 Å². The highest BCUT2D eigenvalue weighted by atomic mass is 32.2. The summed E-state index contributed by atoms with van der Waals surface area (Å²) in [6.07, 6.45) is 2.31. The molecule has 1 aromatic heterocycles. The van der Waals surface area contributed by atoms with Crippen LogP contribution in [0.2, 0.25) is 0 Å². The average Bonchev–Trinajstić information content (AvgIpc) is 2.52. The second kappa shape index (κ2) is 5.21. The Kier molecular flexibility index (Phi) is 4.20. The Balaban J connectivity index is 2.24. The van der Waals surface area contributed by atoms with Crippen LogP contribution in [0.25, 0.3) is 0 Å². The summed E-state index contributed by atoms with van der Waals surface area (Å²) in [5.74, 6) is 0.855. The molecule has 1 rings (SSSR count). The number of aliphatic hydroxyl groups excluding tert-OH is 1. The Bertz CT molecular complexity index is 252. The molecule has 6 heteroatoms. The predicted molar refractivity (Wildman–Crippen MR) is 51.4 cm³/mol. The maximum atomic E-state index is 8.68. The van der Waals surface area contributed by atoms with E-state index in [1.807, 2.05) is 7.05 Å². The summed E-state index contributed by atoms with van der Waals surface area (Å²) < 4.78 is 1.72. The van der Waals surface area contributed by atoms with Crippen molar-refractivity contribution in [2.75, 3.05) is 12.4 Å². The fourth-order valence-corrected chi connectivity index (χ4v) is 1.77. The molecular weight excluding hydrogens is 188 g/mol. The van der Waals surface area contributed by atoms with Gasteiger partial charge in [0.1, 0.15) is 6.33 Å². The van der Waals surface area contributed by atoms with Gasteiger partial charge >= 0.3 is 0 Å². The summed E-state index contributed by atoms with van der Waals surface area (Å²) in [5, 5.41) is 13.5. The molecule has 1 heterocycles. The highest BCUT2D eigenvalue weighted by Gasteiger charge is 2.03. The van der Waals surface area contributed by atoms with Gasteiger partial charge in [0.25, 0.3) is 0 Å². The lowest BCUT2D eigenvalue weighted by molar-refractivity contribution is 0.264. The van der Waals surface area contributed by atoms with Gasteiger partial charge in [0, 0.05) is 18.8 Å². The minimum absolute atomic E-state index is 0.0410. The number of nitrogens with zero attached hydrogens (tertiary/aromatic N) is 3. The van der Waals surface area contributed by atoms with Gasteiger partial charge in [-0.15, -0.1) is 0 Å². The van der Waals surface area contributed by atoms with Crippen molar-refractivity contribution in [2.24, 2.45) is 12.8 Å². The molecule has 0 spiro atoms. The Morgan fingerprint density at radius 2 is 2.54 bits per heavy atom. The van der Waals surface area contributed by atoms with E-state index in [4.69, 9.17) is 10.8 Å². The number of rotatable bonds is 5. The second-order valence-electron chi connectivity index (χ2n) is 2.75. The van der Waals surface area contributed by atoms with E-state index in [1.165, 1.54) is 6.33 Å². The third-order valence-corrected chi connectivity index (χ3v) is 2.69. The van der Waals surface area contributed by atoms with Crippen LogP contribution in [0.1, 0.15) is 6.42 Å². The third kappa shape index (κ3) is 3.33. The monoisotopic (exact) mass is 202 g/mol. The molecule has 74 valence electrons. The lowest BCUT2D eigenvalue weighted by atomic mass is 10.3. The molecule has 5 nitrogen and oxygen atoms in total. The first kappa shape index (κ1) is 10.5. The predicted octanol–water partition coefficient (Wildman–Crippen LogP) is -0.383. The molecule has 0 bridgehead atoms. The molecule has 0 saturated heterocycles. The number of aliphatic hydroxyl groups is 1. The Morgan fingerprint density at radius 1 is 1.77 bits per heavy atom. The van der Waals surface area contributed by atoms with Crippen molar-refractivity contribution in [3.05, 3.63) is 6.33 Å². The van der Waals surface area contributed by atoms with E-state index in [0.717, 1.165) is 17.3 Å². The van der Waals surface area contributed by atoms with Crippen LogP contribution in [0.4, 0.5) is 0 Å². The van der Waals surface area contributed by atoms with Gasteiger partial charge in [-0.2, -0.15) is 5.10 Å². The zero-order chi connectivity index (χ0) is 9.68. The summed E-state index contributed by atoms with van der Waals surface area (Å²) in [5.41, 5.74) is 5.54. The Hall–Kier alpha value is -0.590. The van der Waals surface area contributed by atoms with E-state index in [0.29, 0.717) is 0 Å². The van der Waals surface area contributed by atoms with Gasteiger partial charge < -0.3 is 10.8 Å². The van der Waals surface area contributed by atoms with Gasteiger partial charge in [0.05, 0.1) is 6.61 Å². The fourth-order valence-electron chi connectivity index (χ4n) is 0.809. The number of nitrogens with two attached hydrogens (primary N) is 1. The number of aryl methyl sites for hydroxylation is 1. The van der Waals surface area contributed by atoms with Gasteiger partial charge in [0.2, 0.25) is 0 Å². The van der Waals surface area contributed by atoms with E-state index in [9.17, 15) is 0 Å². The quantitative estimate of drug-likeness (QED) is 0.636. The van der Waals surface area contributed by atoms with Crippen LogP contribution in [0.3, 0.4) is 0 Å². The zero-order valence-electron chi connectivity index (χ0n) is 7.55. The molecule has 0 saturated carbocycles. The lowest BCUT2D eigenvalue weighted by Crippen LogP contribution is -2.24. The molecule has 3 N–H and O–H groups in total. The Morgan fingerprint density at radius 3 is 3.08 bits per heavy atom. The summed E-state index contributed by atoms with van der Waals surface area (Å²) >= 11 is 1.60. The SMILES string of the molecule is Cn1ncnc1SCCC(N)CO. The van der Waals surface area contributed by atoms with Crippen molar-refractivity contribution in [3.8, 4) is 0 Å². The standard InChI is InChI=1S/C7H14N4OS/c1-11-7(9-5-10-11)13-3-2-6(8)4-12/h5-6,12H,2-4,8H2,1H3. The maximum absolute atomic E-state index is 8.68. The molecule has 0 fully saturated rings. The number of hydrogen-bond acceptors (Lipinski definition) is 5. The van der Waals surface area contributed by atoms with Crippen LogP contribution < -0.4 is 5.73 Å². The minimum atomic E-state index is -0.124. The van der Waals surface area contributed by atoms with Crippen LogP contribution in [0.5, 0.6) is 0 Å². The fraction of sp³-hybridized carbons (Fsp3) is 0.714. The Labute approximate surface area is 81.3 Å². The molecule has 0 aromatic carbocycles. The molecule has 1 unspecified atom stereocenters. The van der Waals surface area contributed by atoms with Crippen molar-refractivity contribution in [1.29, 1.82) is 0 Å². The molecular formula is C7H14N4OS. The second-order valence-corrected chi connectivity index (χ2v) is 3.81. The van der Waals surface area contributed by atoms with Crippen molar-refractivity contribution in [2.45, 2.75) is 17.6 Å². The molecule has 13 heavy (non-hydrogen) atoms. The lowest BCUT2D eigenvalue weighted by Gasteiger charge is -2.06. The van der Waals surface area contributed by atoms with E-state index in [-0.39, 0.29) is 12.6 Å². The van der Waals surface area contributed by atoms with Crippen LogP contribution in [0, 0.1) is 0 Å². The first-order chi connectivity index (χ1) is 6.24. The van der Waals surface area contributed by atoms with Gasteiger partial charge in [-0.25, -0.2) is 9.67 Å². The maximum Gasteiger partial charge on any atom is 0.185 e. The normalized spacial score (nSPS) is 13.2. The van der Waals surface area contributed by atoms with Crippen molar-refractivity contribution < 1.29 is 5.11 Å². The smallest absolute Gasteiger partial charge is 0.185 e.